The second kappa shape index (κ2) is 6.44. The van der Waals surface area contributed by atoms with Crippen molar-refractivity contribution >= 4 is 24.0 Å². The van der Waals surface area contributed by atoms with Crippen molar-refractivity contribution in [2.75, 3.05) is 0 Å². The molecule has 0 amide bonds. The van der Waals surface area contributed by atoms with Crippen LogP contribution in [0.25, 0.3) is 5.69 Å². The summed E-state index contributed by atoms with van der Waals surface area (Å²) in [6.07, 6.45) is 3.67. The molecule has 1 heterocycles. The molecule has 0 atom stereocenters. The fourth-order valence-corrected chi connectivity index (χ4v) is 2.44. The molecule has 0 aliphatic rings. The van der Waals surface area contributed by atoms with Crippen LogP contribution >= 0.6 is 24.0 Å². The van der Waals surface area contributed by atoms with Crippen molar-refractivity contribution in [1.29, 1.82) is 0 Å². The van der Waals surface area contributed by atoms with E-state index in [1.165, 1.54) is 16.8 Å². The average Bonchev–Trinajstić information content (AvgIpc) is 2.74. The van der Waals surface area contributed by atoms with Crippen LogP contribution in [0.3, 0.4) is 0 Å². The van der Waals surface area contributed by atoms with Crippen LogP contribution in [0.2, 0.25) is 5.28 Å². The number of aromatic nitrogens is 2. The summed E-state index contributed by atoms with van der Waals surface area (Å²) in [6, 6.07) is 6.46. The maximum atomic E-state index is 6.18. The van der Waals surface area contributed by atoms with Crippen molar-refractivity contribution in [3.05, 3.63) is 47.0 Å². The number of rotatable bonds is 3. The zero-order valence-corrected chi connectivity index (χ0v) is 13.3. The highest BCUT2D eigenvalue weighted by Crippen LogP contribution is 2.32. The SMILES string of the molecule is CC(C)c1cccc(C(C)C)c1-n1ccnc1Cl.Cl. The van der Waals surface area contributed by atoms with Gasteiger partial charge in [0.25, 0.3) is 0 Å². The van der Waals surface area contributed by atoms with Gasteiger partial charge >= 0.3 is 0 Å². The van der Waals surface area contributed by atoms with Gasteiger partial charge in [0.1, 0.15) is 0 Å². The molecule has 4 heteroatoms. The highest BCUT2D eigenvalue weighted by molar-refractivity contribution is 6.28. The first-order valence-corrected chi connectivity index (χ1v) is 6.72. The summed E-state index contributed by atoms with van der Waals surface area (Å²) >= 11 is 6.18. The second-order valence-electron chi connectivity index (χ2n) is 5.16. The lowest BCUT2D eigenvalue weighted by Crippen LogP contribution is -2.06. The molecule has 1 aromatic heterocycles. The summed E-state index contributed by atoms with van der Waals surface area (Å²) in [6.45, 7) is 8.81. The first-order chi connectivity index (χ1) is 8.52. The van der Waals surface area contributed by atoms with Crippen LogP contribution in [0.15, 0.2) is 30.6 Å². The highest BCUT2D eigenvalue weighted by Gasteiger charge is 2.16. The molecule has 2 aromatic rings. The Balaban J connectivity index is 0.00000180. The van der Waals surface area contributed by atoms with Gasteiger partial charge in [-0.25, -0.2) is 4.98 Å². The molecular formula is C15H20Cl2N2. The molecule has 1 aromatic carbocycles. The van der Waals surface area contributed by atoms with E-state index in [1.807, 2.05) is 10.8 Å². The smallest absolute Gasteiger partial charge is 0.207 e. The van der Waals surface area contributed by atoms with Crippen molar-refractivity contribution in [1.82, 2.24) is 9.55 Å². The van der Waals surface area contributed by atoms with Gasteiger partial charge < -0.3 is 0 Å². The maximum Gasteiger partial charge on any atom is 0.207 e. The van der Waals surface area contributed by atoms with E-state index in [2.05, 4.69) is 50.9 Å². The number of nitrogens with zero attached hydrogens (tertiary/aromatic N) is 2. The summed E-state index contributed by atoms with van der Waals surface area (Å²) < 4.78 is 1.98. The summed E-state index contributed by atoms with van der Waals surface area (Å²) in [5.41, 5.74) is 3.80. The van der Waals surface area contributed by atoms with E-state index in [1.54, 1.807) is 6.20 Å². The fraction of sp³-hybridized carbons (Fsp3) is 0.400. The number of para-hydroxylation sites is 1. The van der Waals surface area contributed by atoms with E-state index in [4.69, 9.17) is 11.6 Å². The minimum Gasteiger partial charge on any atom is -0.290 e. The molecule has 0 fully saturated rings. The van der Waals surface area contributed by atoms with Crippen LogP contribution in [-0.4, -0.2) is 9.55 Å². The van der Waals surface area contributed by atoms with E-state index in [0.29, 0.717) is 17.1 Å². The number of halogens is 2. The van der Waals surface area contributed by atoms with Crippen molar-refractivity contribution in [3.8, 4) is 5.69 Å². The van der Waals surface area contributed by atoms with Crippen LogP contribution in [-0.2, 0) is 0 Å². The van der Waals surface area contributed by atoms with E-state index in [-0.39, 0.29) is 12.4 Å². The zero-order valence-electron chi connectivity index (χ0n) is 11.7. The molecule has 104 valence electrons. The van der Waals surface area contributed by atoms with Crippen LogP contribution in [0.1, 0.15) is 50.7 Å². The Kier molecular flexibility index (Phi) is 5.45. The molecule has 0 radical (unpaired) electrons. The summed E-state index contributed by atoms with van der Waals surface area (Å²) in [4.78, 5) is 4.12. The normalized spacial score (nSPS) is 10.9. The third kappa shape index (κ3) is 3.13. The molecule has 0 unspecified atom stereocenters. The van der Waals surface area contributed by atoms with Crippen molar-refractivity contribution < 1.29 is 0 Å². The largest absolute Gasteiger partial charge is 0.290 e. The van der Waals surface area contributed by atoms with E-state index >= 15 is 0 Å². The number of imidazole rings is 1. The van der Waals surface area contributed by atoms with E-state index < -0.39 is 0 Å². The third-order valence-corrected chi connectivity index (χ3v) is 3.46. The second-order valence-corrected chi connectivity index (χ2v) is 5.50. The molecule has 0 aliphatic carbocycles. The maximum absolute atomic E-state index is 6.18. The van der Waals surface area contributed by atoms with Gasteiger partial charge in [-0.1, -0.05) is 45.9 Å². The number of benzene rings is 1. The lowest BCUT2D eigenvalue weighted by molar-refractivity contribution is 0.805. The van der Waals surface area contributed by atoms with Gasteiger partial charge in [-0.3, -0.25) is 4.57 Å². The topological polar surface area (TPSA) is 17.8 Å². The molecule has 0 saturated carbocycles. The minimum absolute atomic E-state index is 0. The lowest BCUT2D eigenvalue weighted by atomic mass is 9.92. The van der Waals surface area contributed by atoms with Crippen molar-refractivity contribution in [2.24, 2.45) is 0 Å². The molecule has 2 nitrogen and oxygen atoms in total. The molecular weight excluding hydrogens is 279 g/mol. The molecule has 2 rings (SSSR count). The zero-order chi connectivity index (χ0) is 13.3. The van der Waals surface area contributed by atoms with Gasteiger partial charge in [0.15, 0.2) is 0 Å². The summed E-state index contributed by atoms with van der Waals surface area (Å²) in [5, 5.41) is 0.519. The van der Waals surface area contributed by atoms with Crippen molar-refractivity contribution in [3.63, 3.8) is 0 Å². The Morgan fingerprint density at radius 2 is 1.58 bits per heavy atom. The molecule has 19 heavy (non-hydrogen) atoms. The molecule has 0 saturated heterocycles. The third-order valence-electron chi connectivity index (χ3n) is 3.18. The standard InChI is InChI=1S/C15H19ClN2.ClH/c1-10(2)12-6-5-7-13(11(3)4)14(12)18-9-8-17-15(18)16;/h5-11H,1-4H3;1H. The molecule has 0 bridgehead atoms. The Morgan fingerprint density at radius 3 is 1.95 bits per heavy atom. The van der Waals surface area contributed by atoms with E-state index in [9.17, 15) is 0 Å². The van der Waals surface area contributed by atoms with Gasteiger partial charge in [-0.15, -0.1) is 12.4 Å². The predicted molar refractivity (Wildman–Crippen MR) is 84.0 cm³/mol. The van der Waals surface area contributed by atoms with Gasteiger partial charge in [0.2, 0.25) is 5.28 Å². The first-order valence-electron chi connectivity index (χ1n) is 6.34. The monoisotopic (exact) mass is 298 g/mol. The highest BCUT2D eigenvalue weighted by atomic mass is 35.5. The number of hydrogen-bond acceptors (Lipinski definition) is 1. The fourth-order valence-electron chi connectivity index (χ4n) is 2.24. The van der Waals surface area contributed by atoms with E-state index in [0.717, 1.165) is 0 Å². The predicted octanol–water partition coefficient (Wildman–Crippen LogP) is 5.19. The van der Waals surface area contributed by atoms with Crippen LogP contribution in [0.4, 0.5) is 0 Å². The van der Waals surface area contributed by atoms with Gasteiger partial charge in [0.05, 0.1) is 5.69 Å². The Morgan fingerprint density at radius 1 is 1.05 bits per heavy atom. The van der Waals surface area contributed by atoms with Crippen LogP contribution in [0.5, 0.6) is 0 Å². The molecule has 0 spiro atoms. The van der Waals surface area contributed by atoms with Crippen LogP contribution < -0.4 is 0 Å². The van der Waals surface area contributed by atoms with Gasteiger partial charge in [0, 0.05) is 12.4 Å². The molecule has 0 aliphatic heterocycles. The molecule has 0 N–H and O–H groups in total. The summed E-state index contributed by atoms with van der Waals surface area (Å²) in [7, 11) is 0. The summed E-state index contributed by atoms with van der Waals surface area (Å²) in [5.74, 6) is 0.911. The van der Waals surface area contributed by atoms with Gasteiger partial charge in [-0.2, -0.15) is 0 Å². The lowest BCUT2D eigenvalue weighted by Gasteiger charge is -2.20. The average molecular weight is 299 g/mol. The Labute approximate surface area is 126 Å². The Hall–Kier alpha value is -0.990. The number of hydrogen-bond donors (Lipinski definition) is 0. The van der Waals surface area contributed by atoms with Crippen molar-refractivity contribution in [2.45, 2.75) is 39.5 Å². The Bertz CT molecular complexity index is 519. The first kappa shape index (κ1) is 16.1. The van der Waals surface area contributed by atoms with Crippen LogP contribution in [0, 0.1) is 0 Å². The quantitative estimate of drug-likeness (QED) is 0.762. The minimum atomic E-state index is 0. The van der Waals surface area contributed by atoms with Gasteiger partial charge in [-0.05, 0) is 34.6 Å².